The van der Waals surface area contributed by atoms with Crippen LogP contribution in [0.1, 0.15) is 5.69 Å². The zero-order valence-electron chi connectivity index (χ0n) is 11.1. The summed E-state index contributed by atoms with van der Waals surface area (Å²) in [5.74, 6) is 0.454. The molecule has 0 radical (unpaired) electrons. The second-order valence-electron chi connectivity index (χ2n) is 3.69. The maximum Gasteiger partial charge on any atom is 0.192 e. The van der Waals surface area contributed by atoms with E-state index in [1.807, 2.05) is 4.90 Å². The lowest BCUT2D eigenvalue weighted by molar-refractivity contribution is 0.190. The first kappa shape index (κ1) is 15.1. The quantitative estimate of drug-likeness (QED) is 0.288. The number of ether oxygens (including phenoxy) is 2. The van der Waals surface area contributed by atoms with Gasteiger partial charge in [-0.25, -0.2) is 9.97 Å². The lowest BCUT2D eigenvalue weighted by atomic mass is 10.3. The standard InChI is InChI=1S/C11H19N5O3/c1-18-7-5-16(6-8-19-2)11-9(10(12)15-17)13-3-4-14-11/h3-4,17H,5-8H2,1-2H3,(H2,12,15). The number of amidine groups is 1. The van der Waals surface area contributed by atoms with E-state index in [0.717, 1.165) is 0 Å². The summed E-state index contributed by atoms with van der Waals surface area (Å²) in [5.41, 5.74) is 5.93. The third-order valence-corrected chi connectivity index (χ3v) is 2.46. The Morgan fingerprint density at radius 3 is 2.37 bits per heavy atom. The number of rotatable bonds is 8. The maximum atomic E-state index is 8.77. The van der Waals surface area contributed by atoms with Gasteiger partial charge in [-0.3, -0.25) is 0 Å². The number of nitrogens with zero attached hydrogens (tertiary/aromatic N) is 4. The van der Waals surface area contributed by atoms with Crippen molar-refractivity contribution in [3.8, 4) is 0 Å². The molecule has 8 nitrogen and oxygen atoms in total. The molecule has 19 heavy (non-hydrogen) atoms. The predicted molar refractivity (Wildman–Crippen MR) is 70.5 cm³/mol. The minimum atomic E-state index is -0.0806. The Bertz CT molecular complexity index is 405. The second kappa shape index (κ2) is 8.22. The second-order valence-corrected chi connectivity index (χ2v) is 3.69. The summed E-state index contributed by atoms with van der Waals surface area (Å²) in [7, 11) is 3.24. The number of hydrogen-bond acceptors (Lipinski definition) is 7. The molecule has 0 unspecified atom stereocenters. The van der Waals surface area contributed by atoms with Crippen LogP contribution in [0.2, 0.25) is 0 Å². The monoisotopic (exact) mass is 269 g/mol. The van der Waals surface area contributed by atoms with Gasteiger partial charge in [0, 0.05) is 39.7 Å². The Morgan fingerprint density at radius 1 is 1.26 bits per heavy atom. The summed E-state index contributed by atoms with van der Waals surface area (Å²) in [4.78, 5) is 10.2. The van der Waals surface area contributed by atoms with Crippen LogP contribution in [0, 0.1) is 0 Å². The normalized spacial score (nSPS) is 11.6. The van der Waals surface area contributed by atoms with Crippen LogP contribution in [0.5, 0.6) is 0 Å². The molecule has 8 heteroatoms. The molecule has 1 rings (SSSR count). The minimum Gasteiger partial charge on any atom is -0.409 e. The molecule has 3 N–H and O–H groups in total. The summed E-state index contributed by atoms with van der Waals surface area (Å²) in [6.07, 6.45) is 3.04. The van der Waals surface area contributed by atoms with Crippen LogP contribution >= 0.6 is 0 Å². The number of oxime groups is 1. The Kier molecular flexibility index (Phi) is 6.55. The van der Waals surface area contributed by atoms with Crippen molar-refractivity contribution in [3.05, 3.63) is 18.1 Å². The van der Waals surface area contributed by atoms with Crippen LogP contribution in [0.3, 0.4) is 0 Å². The summed E-state index contributed by atoms with van der Waals surface area (Å²) < 4.78 is 10.1. The van der Waals surface area contributed by atoms with Crippen molar-refractivity contribution in [1.82, 2.24) is 9.97 Å². The minimum absolute atomic E-state index is 0.0806. The highest BCUT2D eigenvalue weighted by Gasteiger charge is 2.16. The van der Waals surface area contributed by atoms with Gasteiger partial charge in [-0.1, -0.05) is 5.16 Å². The molecule has 0 aromatic carbocycles. The number of nitrogens with two attached hydrogens (primary N) is 1. The van der Waals surface area contributed by atoms with Gasteiger partial charge in [0.25, 0.3) is 0 Å². The van der Waals surface area contributed by atoms with Gasteiger partial charge in [0.15, 0.2) is 17.3 Å². The van der Waals surface area contributed by atoms with Crippen molar-refractivity contribution in [3.63, 3.8) is 0 Å². The van der Waals surface area contributed by atoms with Crippen LogP contribution in [-0.4, -0.2) is 61.5 Å². The van der Waals surface area contributed by atoms with E-state index < -0.39 is 0 Å². The maximum absolute atomic E-state index is 8.77. The SMILES string of the molecule is COCCN(CCOC)c1nccnc1C(N)=NO. The van der Waals surface area contributed by atoms with Crippen LogP contribution < -0.4 is 10.6 Å². The Hall–Kier alpha value is -1.93. The van der Waals surface area contributed by atoms with E-state index in [9.17, 15) is 0 Å². The molecule has 106 valence electrons. The van der Waals surface area contributed by atoms with Crippen molar-refractivity contribution in [2.45, 2.75) is 0 Å². The number of aromatic nitrogens is 2. The van der Waals surface area contributed by atoms with E-state index in [1.54, 1.807) is 20.4 Å². The fourth-order valence-corrected chi connectivity index (χ4v) is 1.52. The van der Waals surface area contributed by atoms with Crippen molar-refractivity contribution in [2.24, 2.45) is 10.9 Å². The first-order chi connectivity index (χ1) is 9.24. The van der Waals surface area contributed by atoms with Crippen molar-refractivity contribution < 1.29 is 14.7 Å². The molecule has 1 aromatic rings. The average Bonchev–Trinajstić information content (AvgIpc) is 2.47. The molecule has 0 bridgehead atoms. The van der Waals surface area contributed by atoms with Gasteiger partial charge in [0.2, 0.25) is 0 Å². The van der Waals surface area contributed by atoms with E-state index in [0.29, 0.717) is 37.8 Å². The largest absolute Gasteiger partial charge is 0.409 e. The number of methoxy groups -OCH3 is 2. The molecule has 0 saturated carbocycles. The summed E-state index contributed by atoms with van der Waals surface area (Å²) in [5, 5.41) is 11.7. The van der Waals surface area contributed by atoms with Crippen LogP contribution in [0.25, 0.3) is 0 Å². The fraction of sp³-hybridized carbons (Fsp3) is 0.545. The Labute approximate surface area is 111 Å². The zero-order chi connectivity index (χ0) is 14.1. The highest BCUT2D eigenvalue weighted by atomic mass is 16.5. The lowest BCUT2D eigenvalue weighted by Gasteiger charge is -2.24. The highest BCUT2D eigenvalue weighted by molar-refractivity contribution is 5.99. The average molecular weight is 269 g/mol. The molecule has 0 atom stereocenters. The van der Waals surface area contributed by atoms with Gasteiger partial charge >= 0.3 is 0 Å². The summed E-state index contributed by atoms with van der Waals surface area (Å²) in [6, 6.07) is 0. The van der Waals surface area contributed by atoms with E-state index in [2.05, 4.69) is 15.1 Å². The molecule has 0 spiro atoms. The van der Waals surface area contributed by atoms with Crippen molar-refractivity contribution in [1.29, 1.82) is 0 Å². The van der Waals surface area contributed by atoms with Crippen molar-refractivity contribution in [2.75, 3.05) is 45.4 Å². The van der Waals surface area contributed by atoms with Crippen molar-refractivity contribution >= 4 is 11.7 Å². The Balaban J connectivity index is 2.99. The Morgan fingerprint density at radius 2 is 1.84 bits per heavy atom. The van der Waals surface area contributed by atoms with Gasteiger partial charge in [0.05, 0.1) is 13.2 Å². The lowest BCUT2D eigenvalue weighted by Crippen LogP contribution is -2.34. The molecule has 0 saturated heterocycles. The van der Waals surface area contributed by atoms with Crippen LogP contribution in [-0.2, 0) is 9.47 Å². The smallest absolute Gasteiger partial charge is 0.192 e. The van der Waals surface area contributed by atoms with Gasteiger partial charge in [-0.05, 0) is 0 Å². The van der Waals surface area contributed by atoms with Gasteiger partial charge < -0.3 is 25.3 Å². The zero-order valence-corrected chi connectivity index (χ0v) is 11.1. The first-order valence-corrected chi connectivity index (χ1v) is 5.76. The summed E-state index contributed by atoms with van der Waals surface area (Å²) in [6.45, 7) is 2.25. The molecular formula is C11H19N5O3. The number of anilines is 1. The molecule has 0 amide bonds. The fourth-order valence-electron chi connectivity index (χ4n) is 1.52. The van der Waals surface area contributed by atoms with Gasteiger partial charge in [-0.15, -0.1) is 0 Å². The molecule has 0 aliphatic carbocycles. The van der Waals surface area contributed by atoms with Gasteiger partial charge in [-0.2, -0.15) is 0 Å². The highest BCUT2D eigenvalue weighted by Crippen LogP contribution is 2.14. The molecule has 1 heterocycles. The molecular weight excluding hydrogens is 250 g/mol. The predicted octanol–water partition coefficient (Wildman–Crippen LogP) is -0.330. The number of hydrogen-bond donors (Lipinski definition) is 2. The van der Waals surface area contributed by atoms with E-state index in [1.165, 1.54) is 6.20 Å². The molecule has 0 aliphatic heterocycles. The molecule has 0 fully saturated rings. The third-order valence-electron chi connectivity index (χ3n) is 2.46. The van der Waals surface area contributed by atoms with Gasteiger partial charge in [0.1, 0.15) is 0 Å². The topological polar surface area (TPSA) is 106 Å². The molecule has 0 aliphatic rings. The van der Waals surface area contributed by atoms with Crippen LogP contribution in [0.4, 0.5) is 5.82 Å². The van der Waals surface area contributed by atoms with Crippen LogP contribution in [0.15, 0.2) is 17.5 Å². The first-order valence-electron chi connectivity index (χ1n) is 5.76. The summed E-state index contributed by atoms with van der Waals surface area (Å²) >= 11 is 0. The van der Waals surface area contributed by atoms with E-state index in [4.69, 9.17) is 20.4 Å². The van der Waals surface area contributed by atoms with E-state index >= 15 is 0 Å². The molecule has 1 aromatic heterocycles. The third kappa shape index (κ3) is 4.34. The van der Waals surface area contributed by atoms with E-state index in [-0.39, 0.29) is 5.84 Å².